The van der Waals surface area contributed by atoms with Crippen LogP contribution in [0.3, 0.4) is 0 Å². The Morgan fingerprint density at radius 1 is 1.33 bits per heavy atom. The maximum atomic E-state index is 4.71. The molecule has 0 amide bonds. The van der Waals surface area contributed by atoms with E-state index in [4.69, 9.17) is 4.98 Å². The van der Waals surface area contributed by atoms with E-state index in [-0.39, 0.29) is 0 Å². The zero-order chi connectivity index (χ0) is 12.5. The highest BCUT2D eigenvalue weighted by molar-refractivity contribution is 9.10. The molecule has 1 fully saturated rings. The van der Waals surface area contributed by atoms with Gasteiger partial charge < -0.3 is 10.3 Å². The second kappa shape index (κ2) is 4.99. The van der Waals surface area contributed by atoms with Gasteiger partial charge in [0.1, 0.15) is 5.82 Å². The summed E-state index contributed by atoms with van der Waals surface area (Å²) in [5.74, 6) is 1.06. The second-order valence-electron chi connectivity index (χ2n) is 4.83. The van der Waals surface area contributed by atoms with Crippen molar-refractivity contribution in [3.8, 4) is 0 Å². The monoisotopic (exact) mass is 308 g/mol. The average Bonchev–Trinajstić information content (AvgIpc) is 2.73. The summed E-state index contributed by atoms with van der Waals surface area (Å²) in [7, 11) is 0. The van der Waals surface area contributed by atoms with E-state index in [1.165, 1.54) is 5.56 Å². The Hall–Kier alpha value is -0.910. The van der Waals surface area contributed by atoms with Crippen LogP contribution in [0.4, 0.5) is 0 Å². The molecule has 0 aliphatic carbocycles. The Labute approximate surface area is 115 Å². The second-order valence-corrected chi connectivity index (χ2v) is 5.74. The summed E-state index contributed by atoms with van der Waals surface area (Å²) < 4.78 is 1.10. The molecule has 96 valence electrons. The van der Waals surface area contributed by atoms with Gasteiger partial charge >= 0.3 is 0 Å². The minimum absolute atomic E-state index is 0.910. The molecule has 0 atom stereocenters. The van der Waals surface area contributed by atoms with Crippen LogP contribution in [-0.2, 0) is 6.54 Å². The molecule has 2 aromatic rings. The Kier molecular flexibility index (Phi) is 3.37. The van der Waals surface area contributed by atoms with E-state index in [0.717, 1.165) is 54.1 Å². The highest BCUT2D eigenvalue weighted by Gasteiger charge is 2.13. The van der Waals surface area contributed by atoms with Crippen molar-refractivity contribution in [3.05, 3.63) is 28.0 Å². The number of H-pyrrole nitrogens is 1. The van der Waals surface area contributed by atoms with E-state index < -0.39 is 0 Å². The van der Waals surface area contributed by atoms with Gasteiger partial charge in [0.15, 0.2) is 0 Å². The first-order chi connectivity index (χ1) is 8.72. The minimum atomic E-state index is 0.910. The van der Waals surface area contributed by atoms with E-state index in [1.807, 2.05) is 0 Å². The van der Waals surface area contributed by atoms with E-state index >= 15 is 0 Å². The molecule has 0 bridgehead atoms. The van der Waals surface area contributed by atoms with Gasteiger partial charge in [-0.3, -0.25) is 4.90 Å². The number of nitrogens with one attached hydrogen (secondary N) is 2. The van der Waals surface area contributed by atoms with E-state index in [2.05, 4.69) is 50.2 Å². The molecule has 1 aliphatic rings. The van der Waals surface area contributed by atoms with Crippen LogP contribution in [0, 0.1) is 6.92 Å². The van der Waals surface area contributed by atoms with Crippen LogP contribution in [0.1, 0.15) is 11.4 Å². The van der Waals surface area contributed by atoms with E-state index in [0.29, 0.717) is 0 Å². The van der Waals surface area contributed by atoms with Crippen molar-refractivity contribution in [2.24, 2.45) is 0 Å². The molecule has 0 radical (unpaired) electrons. The normalized spacial score (nSPS) is 17.4. The highest BCUT2D eigenvalue weighted by atomic mass is 79.9. The molecule has 0 saturated carbocycles. The van der Waals surface area contributed by atoms with Gasteiger partial charge in [0.2, 0.25) is 0 Å². The number of halogens is 1. The third-order valence-corrected chi connectivity index (χ3v) is 3.83. The first kappa shape index (κ1) is 12.1. The summed E-state index contributed by atoms with van der Waals surface area (Å²) in [6.45, 7) is 7.35. The summed E-state index contributed by atoms with van der Waals surface area (Å²) in [6.07, 6.45) is 0. The minimum Gasteiger partial charge on any atom is -0.341 e. The summed E-state index contributed by atoms with van der Waals surface area (Å²) in [5.41, 5.74) is 3.41. The lowest BCUT2D eigenvalue weighted by Gasteiger charge is -2.26. The molecule has 1 aliphatic heterocycles. The number of nitrogens with zero attached hydrogens (tertiary/aromatic N) is 2. The zero-order valence-corrected chi connectivity index (χ0v) is 12.0. The predicted molar refractivity (Wildman–Crippen MR) is 76.7 cm³/mol. The van der Waals surface area contributed by atoms with Gasteiger partial charge in [0.05, 0.1) is 17.6 Å². The maximum absolute atomic E-state index is 4.71. The van der Waals surface area contributed by atoms with Crippen LogP contribution in [0.25, 0.3) is 11.0 Å². The highest BCUT2D eigenvalue weighted by Crippen LogP contribution is 2.22. The van der Waals surface area contributed by atoms with Crippen molar-refractivity contribution in [3.63, 3.8) is 0 Å². The van der Waals surface area contributed by atoms with E-state index in [9.17, 15) is 0 Å². The van der Waals surface area contributed by atoms with Gasteiger partial charge in [-0.1, -0.05) is 15.9 Å². The number of piperazine rings is 1. The molecule has 4 nitrogen and oxygen atoms in total. The molecular weight excluding hydrogens is 292 g/mol. The number of aromatic amines is 1. The topological polar surface area (TPSA) is 44.0 Å². The van der Waals surface area contributed by atoms with Crippen LogP contribution in [0.5, 0.6) is 0 Å². The van der Waals surface area contributed by atoms with Gasteiger partial charge in [-0.25, -0.2) is 4.98 Å². The summed E-state index contributed by atoms with van der Waals surface area (Å²) in [6, 6.07) is 4.20. The Bertz CT molecular complexity index is 557. The van der Waals surface area contributed by atoms with Crippen molar-refractivity contribution in [2.75, 3.05) is 26.2 Å². The molecule has 18 heavy (non-hydrogen) atoms. The fourth-order valence-electron chi connectivity index (χ4n) is 2.45. The molecule has 1 saturated heterocycles. The van der Waals surface area contributed by atoms with Crippen molar-refractivity contribution < 1.29 is 0 Å². The summed E-state index contributed by atoms with van der Waals surface area (Å²) in [4.78, 5) is 10.6. The summed E-state index contributed by atoms with van der Waals surface area (Å²) in [5, 5.41) is 3.37. The van der Waals surface area contributed by atoms with Crippen molar-refractivity contribution in [1.29, 1.82) is 0 Å². The van der Waals surface area contributed by atoms with Crippen molar-refractivity contribution in [2.45, 2.75) is 13.5 Å². The molecular formula is C13H17BrN4. The lowest BCUT2D eigenvalue weighted by molar-refractivity contribution is 0.229. The fourth-order valence-corrected chi connectivity index (χ4v) is 3.03. The number of hydrogen-bond acceptors (Lipinski definition) is 3. The number of rotatable bonds is 2. The molecule has 1 aromatic heterocycles. The number of imidazole rings is 1. The average molecular weight is 309 g/mol. The Balaban J connectivity index is 1.86. The van der Waals surface area contributed by atoms with Crippen molar-refractivity contribution >= 4 is 27.0 Å². The number of aromatic nitrogens is 2. The first-order valence-corrected chi connectivity index (χ1v) is 7.09. The Morgan fingerprint density at radius 3 is 2.89 bits per heavy atom. The summed E-state index contributed by atoms with van der Waals surface area (Å²) >= 11 is 3.52. The number of hydrogen-bond donors (Lipinski definition) is 2. The molecule has 0 unspecified atom stereocenters. The van der Waals surface area contributed by atoms with Gasteiger partial charge in [-0.2, -0.15) is 0 Å². The van der Waals surface area contributed by atoms with Gasteiger partial charge in [0.25, 0.3) is 0 Å². The van der Waals surface area contributed by atoms with Crippen LogP contribution in [0.2, 0.25) is 0 Å². The van der Waals surface area contributed by atoms with Crippen molar-refractivity contribution in [1.82, 2.24) is 20.2 Å². The van der Waals surface area contributed by atoms with Crippen LogP contribution >= 0.6 is 15.9 Å². The molecule has 3 rings (SSSR count). The lowest BCUT2D eigenvalue weighted by Crippen LogP contribution is -2.43. The van der Waals surface area contributed by atoms with Gasteiger partial charge in [0, 0.05) is 30.7 Å². The zero-order valence-electron chi connectivity index (χ0n) is 10.5. The van der Waals surface area contributed by atoms with Crippen LogP contribution < -0.4 is 5.32 Å². The van der Waals surface area contributed by atoms with Gasteiger partial charge in [-0.15, -0.1) is 0 Å². The van der Waals surface area contributed by atoms with Crippen LogP contribution in [-0.4, -0.2) is 41.0 Å². The third kappa shape index (κ3) is 2.43. The molecule has 0 spiro atoms. The number of fused-ring (bicyclic) bond motifs is 1. The quantitative estimate of drug-likeness (QED) is 0.892. The number of aryl methyl sites for hydroxylation is 1. The fraction of sp³-hybridized carbons (Fsp3) is 0.462. The predicted octanol–water partition coefficient (Wildman–Crippen LogP) is 2.04. The molecule has 1 aromatic carbocycles. The largest absolute Gasteiger partial charge is 0.341 e. The smallest absolute Gasteiger partial charge is 0.121 e. The molecule has 5 heteroatoms. The maximum Gasteiger partial charge on any atom is 0.121 e. The third-order valence-electron chi connectivity index (χ3n) is 3.37. The standard InChI is InChI=1S/C13H17BrN4/c1-9-6-10(14)7-11-13(9)17-12(16-11)8-18-4-2-15-3-5-18/h6-7,15H,2-5,8H2,1H3,(H,16,17). The van der Waals surface area contributed by atoms with E-state index in [1.54, 1.807) is 0 Å². The first-order valence-electron chi connectivity index (χ1n) is 6.30. The number of benzene rings is 1. The molecule has 2 heterocycles. The SMILES string of the molecule is Cc1cc(Br)cc2[nH]c(CN3CCNCC3)nc12. The van der Waals surface area contributed by atoms with Crippen LogP contribution in [0.15, 0.2) is 16.6 Å². The molecule has 2 N–H and O–H groups in total. The van der Waals surface area contributed by atoms with Gasteiger partial charge in [-0.05, 0) is 24.6 Å². The lowest BCUT2D eigenvalue weighted by atomic mass is 10.2. The Morgan fingerprint density at radius 2 is 2.11 bits per heavy atom.